The number of carboxylic acids is 1. The van der Waals surface area contributed by atoms with E-state index in [0.717, 1.165) is 12.2 Å². The van der Waals surface area contributed by atoms with E-state index in [0.29, 0.717) is 41.2 Å². The Bertz CT molecular complexity index is 1350. The number of anilines is 1. The summed E-state index contributed by atoms with van der Waals surface area (Å²) in [4.78, 5) is 28.6. The van der Waals surface area contributed by atoms with E-state index in [4.69, 9.17) is 4.74 Å². The third-order valence-corrected chi connectivity index (χ3v) is 5.86. The summed E-state index contributed by atoms with van der Waals surface area (Å²) in [7, 11) is 0. The van der Waals surface area contributed by atoms with Crippen LogP contribution < -0.4 is 15.4 Å². The lowest BCUT2D eigenvalue weighted by atomic mass is 9.98. The smallest absolute Gasteiger partial charge is 0.305 e. The lowest BCUT2D eigenvalue weighted by Crippen LogP contribution is -2.30. The zero-order chi connectivity index (χ0) is 26.7. The normalized spacial score (nSPS) is 11.4. The topological polar surface area (TPSA) is 101 Å². The maximum absolute atomic E-state index is 14.1. The number of aliphatic carboxylic acids is 1. The van der Waals surface area contributed by atoms with Gasteiger partial charge in [0.25, 0.3) is 5.91 Å². The van der Waals surface area contributed by atoms with E-state index in [-0.39, 0.29) is 12.2 Å². The summed E-state index contributed by atoms with van der Waals surface area (Å²) in [5.74, 6) is -0.352. The Kier molecular flexibility index (Phi) is 9.02. The molecule has 0 saturated carbocycles. The van der Waals surface area contributed by atoms with Crippen molar-refractivity contribution in [1.82, 2.24) is 10.3 Å². The van der Waals surface area contributed by atoms with Gasteiger partial charge in [0.1, 0.15) is 17.4 Å². The van der Waals surface area contributed by atoms with E-state index in [2.05, 4.69) is 15.6 Å². The Labute approximate surface area is 220 Å². The van der Waals surface area contributed by atoms with Crippen LogP contribution in [0.3, 0.4) is 0 Å². The summed E-state index contributed by atoms with van der Waals surface area (Å²) in [5, 5.41) is 15.4. The highest BCUT2D eigenvalue weighted by Gasteiger charge is 2.19. The number of pyridine rings is 1. The van der Waals surface area contributed by atoms with E-state index >= 15 is 0 Å². The maximum Gasteiger partial charge on any atom is 0.305 e. The van der Waals surface area contributed by atoms with Gasteiger partial charge in [-0.25, -0.2) is 9.37 Å². The fourth-order valence-electron chi connectivity index (χ4n) is 3.91. The Hall–Kier alpha value is -4.72. The summed E-state index contributed by atoms with van der Waals surface area (Å²) < 4.78 is 19.9. The Morgan fingerprint density at radius 3 is 2.34 bits per heavy atom. The van der Waals surface area contributed by atoms with Crippen LogP contribution in [0.2, 0.25) is 0 Å². The molecule has 4 aromatic rings. The van der Waals surface area contributed by atoms with Crippen LogP contribution in [0.4, 0.5) is 10.2 Å². The van der Waals surface area contributed by atoms with Gasteiger partial charge in [0, 0.05) is 23.9 Å². The van der Waals surface area contributed by atoms with Crippen molar-refractivity contribution in [2.75, 3.05) is 18.5 Å². The Morgan fingerprint density at radius 2 is 1.66 bits per heavy atom. The average molecular weight is 514 g/mol. The zero-order valence-corrected chi connectivity index (χ0v) is 20.6. The van der Waals surface area contributed by atoms with Crippen LogP contribution in [0, 0.1) is 5.82 Å². The van der Waals surface area contributed by atoms with E-state index < -0.39 is 17.9 Å². The van der Waals surface area contributed by atoms with Crippen molar-refractivity contribution < 1.29 is 23.8 Å². The number of benzene rings is 3. The van der Waals surface area contributed by atoms with Crippen molar-refractivity contribution >= 4 is 17.7 Å². The molecule has 1 atom stereocenters. The maximum atomic E-state index is 14.1. The molecule has 0 aliphatic carbocycles. The van der Waals surface area contributed by atoms with Crippen LogP contribution in [0.15, 0.2) is 97.2 Å². The number of rotatable bonds is 12. The average Bonchev–Trinajstić information content (AvgIpc) is 2.93. The lowest BCUT2D eigenvalue weighted by molar-refractivity contribution is -0.137. The number of carboxylic acid groups (broad SMARTS) is 1. The number of carbonyl (C=O) groups is 2. The first-order valence-electron chi connectivity index (χ1n) is 12.2. The van der Waals surface area contributed by atoms with Crippen molar-refractivity contribution in [3.8, 4) is 16.9 Å². The molecule has 0 fully saturated rings. The first-order chi connectivity index (χ1) is 18.5. The van der Waals surface area contributed by atoms with Crippen molar-refractivity contribution in [3.63, 3.8) is 0 Å². The second-order valence-corrected chi connectivity index (χ2v) is 8.59. The van der Waals surface area contributed by atoms with Gasteiger partial charge in [-0.3, -0.25) is 9.59 Å². The summed E-state index contributed by atoms with van der Waals surface area (Å²) >= 11 is 0. The molecule has 0 aliphatic rings. The third-order valence-electron chi connectivity index (χ3n) is 5.86. The molecule has 194 valence electrons. The van der Waals surface area contributed by atoms with Gasteiger partial charge in [-0.2, -0.15) is 0 Å². The number of ether oxygens (including phenoxy) is 1. The molecule has 0 radical (unpaired) electrons. The van der Waals surface area contributed by atoms with Crippen LogP contribution in [-0.2, 0) is 4.79 Å². The molecule has 1 aromatic heterocycles. The highest BCUT2D eigenvalue weighted by Crippen LogP contribution is 2.26. The quantitative estimate of drug-likeness (QED) is 0.210. The number of hydrogen-bond acceptors (Lipinski definition) is 5. The van der Waals surface area contributed by atoms with Gasteiger partial charge in [0.05, 0.1) is 19.1 Å². The molecule has 3 N–H and O–H groups in total. The SMILES string of the molecule is O=C(O)CC(NC(=O)c1ccc(OCCCNc2ccccn2)cc1)c1ccc(-c2ccccc2F)cc1. The van der Waals surface area contributed by atoms with E-state index in [1.807, 2.05) is 18.2 Å². The minimum atomic E-state index is -1.05. The number of hydrogen-bond donors (Lipinski definition) is 3. The number of halogens is 1. The monoisotopic (exact) mass is 513 g/mol. The highest BCUT2D eigenvalue weighted by molar-refractivity contribution is 5.94. The predicted octanol–water partition coefficient (Wildman–Crippen LogP) is 5.71. The summed E-state index contributed by atoms with van der Waals surface area (Å²) in [6, 6.07) is 24.9. The molecular weight excluding hydrogens is 485 g/mol. The van der Waals surface area contributed by atoms with Crippen molar-refractivity contribution in [3.05, 3.63) is 114 Å². The molecule has 0 aliphatic heterocycles. The molecular formula is C30H28FN3O4. The third kappa shape index (κ3) is 7.39. The van der Waals surface area contributed by atoms with Crippen LogP contribution in [0.25, 0.3) is 11.1 Å². The predicted molar refractivity (Wildman–Crippen MR) is 144 cm³/mol. The first kappa shape index (κ1) is 26.3. The molecule has 1 unspecified atom stereocenters. The fourth-order valence-corrected chi connectivity index (χ4v) is 3.91. The molecule has 7 nitrogen and oxygen atoms in total. The molecule has 1 amide bonds. The van der Waals surface area contributed by atoms with E-state index in [1.54, 1.807) is 72.9 Å². The van der Waals surface area contributed by atoms with Crippen LogP contribution in [-0.4, -0.2) is 35.1 Å². The molecule has 0 spiro atoms. The van der Waals surface area contributed by atoms with Crippen LogP contribution in [0.1, 0.15) is 34.8 Å². The Morgan fingerprint density at radius 1 is 0.921 bits per heavy atom. The number of nitrogens with zero attached hydrogens (tertiary/aromatic N) is 1. The summed E-state index contributed by atoms with van der Waals surface area (Å²) in [5.41, 5.74) is 2.10. The molecule has 0 bridgehead atoms. The molecule has 8 heteroatoms. The van der Waals surface area contributed by atoms with Crippen molar-refractivity contribution in [2.24, 2.45) is 0 Å². The van der Waals surface area contributed by atoms with Crippen LogP contribution in [0.5, 0.6) is 5.75 Å². The summed E-state index contributed by atoms with van der Waals surface area (Å²) in [6.07, 6.45) is 2.20. The van der Waals surface area contributed by atoms with Gasteiger partial charge in [-0.1, -0.05) is 48.5 Å². The van der Waals surface area contributed by atoms with Crippen molar-refractivity contribution in [1.29, 1.82) is 0 Å². The highest BCUT2D eigenvalue weighted by atomic mass is 19.1. The fraction of sp³-hybridized carbons (Fsp3) is 0.167. The minimum Gasteiger partial charge on any atom is -0.494 e. The minimum absolute atomic E-state index is 0.293. The lowest BCUT2D eigenvalue weighted by Gasteiger charge is -2.18. The standard InChI is InChI=1S/C30H28FN3O4/c31-26-7-2-1-6-25(26)21-9-11-22(12-10-21)27(20-29(35)36)34-30(37)23-13-15-24(16-14-23)38-19-5-18-33-28-8-3-4-17-32-28/h1-4,6-17,27H,5,18-20H2,(H,32,33)(H,34,37)(H,35,36). The van der Waals surface area contributed by atoms with Gasteiger partial charge < -0.3 is 20.5 Å². The number of aromatic nitrogens is 1. The van der Waals surface area contributed by atoms with Gasteiger partial charge in [0.2, 0.25) is 0 Å². The zero-order valence-electron chi connectivity index (χ0n) is 20.6. The van der Waals surface area contributed by atoms with Gasteiger partial charge in [-0.05, 0) is 60.0 Å². The number of amides is 1. The number of carbonyl (C=O) groups excluding carboxylic acids is 1. The molecule has 1 heterocycles. The first-order valence-corrected chi connectivity index (χ1v) is 12.2. The largest absolute Gasteiger partial charge is 0.494 e. The van der Waals surface area contributed by atoms with Gasteiger partial charge in [0.15, 0.2) is 0 Å². The molecule has 3 aromatic carbocycles. The van der Waals surface area contributed by atoms with E-state index in [1.165, 1.54) is 6.07 Å². The van der Waals surface area contributed by atoms with Crippen LogP contribution >= 0.6 is 0 Å². The van der Waals surface area contributed by atoms with Crippen molar-refractivity contribution in [2.45, 2.75) is 18.9 Å². The number of nitrogens with one attached hydrogen (secondary N) is 2. The molecule has 0 saturated heterocycles. The van der Waals surface area contributed by atoms with Gasteiger partial charge in [-0.15, -0.1) is 0 Å². The van der Waals surface area contributed by atoms with E-state index in [9.17, 15) is 19.1 Å². The Balaban J connectivity index is 1.32. The second-order valence-electron chi connectivity index (χ2n) is 8.59. The summed E-state index contributed by atoms with van der Waals surface area (Å²) in [6.45, 7) is 1.21. The van der Waals surface area contributed by atoms with Gasteiger partial charge >= 0.3 is 5.97 Å². The molecule has 38 heavy (non-hydrogen) atoms. The molecule has 4 rings (SSSR count). The second kappa shape index (κ2) is 13.0.